The fraction of sp³-hybridized carbons (Fsp3) is 0.725. The van der Waals surface area contributed by atoms with E-state index in [1.165, 1.54) is 161 Å². The number of carbonyl (C=O) groups excluding carboxylic acids is 3. The first kappa shape index (κ1) is 71.3. The standard InChI is InChI=1S/C69H118O6/c1-4-7-10-13-16-19-22-25-27-28-29-30-31-32-33-34-35-36-37-38-39-40-42-44-47-50-53-56-59-62-68(71)74-65-66(64-73-67(70)61-58-55-52-49-46-43-24-21-18-15-12-9-6-3)75-69(72)63-60-57-54-51-48-45-41-26-23-20-17-14-11-8-5-2/h9,12,17-18,20-22,25-26,28-29,41,43,46,52,55,66H,4-8,10-11,13-16,19,23-24,27,30-40,42,44-45,47-51,53-54,56-65H2,1-3H3/b12-9-,20-17-,21-18-,25-22-,29-28-,41-26-,46-43-,55-52-. The highest BCUT2D eigenvalue weighted by molar-refractivity contribution is 5.71. The predicted octanol–water partition coefficient (Wildman–Crippen LogP) is 21.7. The van der Waals surface area contributed by atoms with Crippen molar-refractivity contribution in [2.45, 2.75) is 309 Å². The molecule has 0 spiro atoms. The Hall–Kier alpha value is -3.67. The van der Waals surface area contributed by atoms with Gasteiger partial charge < -0.3 is 14.2 Å². The van der Waals surface area contributed by atoms with Crippen LogP contribution >= 0.6 is 0 Å². The van der Waals surface area contributed by atoms with Crippen LogP contribution in [-0.4, -0.2) is 37.2 Å². The molecule has 0 bridgehead atoms. The Morgan fingerprint density at radius 1 is 0.280 bits per heavy atom. The molecule has 0 saturated carbocycles. The highest BCUT2D eigenvalue weighted by atomic mass is 16.6. The quantitative estimate of drug-likeness (QED) is 0.0261. The molecule has 0 aliphatic carbocycles. The van der Waals surface area contributed by atoms with E-state index in [1.54, 1.807) is 0 Å². The first-order valence-corrected chi connectivity index (χ1v) is 31.7. The van der Waals surface area contributed by atoms with Gasteiger partial charge in [-0.15, -0.1) is 0 Å². The van der Waals surface area contributed by atoms with Gasteiger partial charge in [-0.25, -0.2) is 0 Å². The molecule has 0 radical (unpaired) electrons. The molecular formula is C69H118O6. The number of rotatable bonds is 57. The number of hydrogen-bond acceptors (Lipinski definition) is 6. The van der Waals surface area contributed by atoms with Crippen LogP contribution in [0.25, 0.3) is 0 Å². The first-order chi connectivity index (χ1) is 37.0. The van der Waals surface area contributed by atoms with Crippen LogP contribution in [0.4, 0.5) is 0 Å². The smallest absolute Gasteiger partial charge is 0.306 e. The SMILES string of the molecule is CC/C=C\C/C=C\C/C=C\C/C=C\CCC(=O)OCC(COC(=O)CCCCCCCCCCCCCCCCCCC/C=C\C/C=C\CCCCCCC)OC(=O)CCCCCCC/C=C\C/C=C\CCCCC. The molecule has 0 N–H and O–H groups in total. The molecule has 0 fully saturated rings. The van der Waals surface area contributed by atoms with Crippen molar-refractivity contribution in [3.05, 3.63) is 97.2 Å². The van der Waals surface area contributed by atoms with Crippen molar-refractivity contribution in [1.82, 2.24) is 0 Å². The molecule has 75 heavy (non-hydrogen) atoms. The summed E-state index contributed by atoms with van der Waals surface area (Å²) in [6.45, 7) is 6.43. The second-order valence-corrected chi connectivity index (χ2v) is 20.9. The van der Waals surface area contributed by atoms with Gasteiger partial charge in [0.1, 0.15) is 13.2 Å². The highest BCUT2D eigenvalue weighted by Crippen LogP contribution is 2.16. The van der Waals surface area contributed by atoms with E-state index in [-0.39, 0.29) is 37.5 Å². The van der Waals surface area contributed by atoms with Crippen molar-refractivity contribution in [3.8, 4) is 0 Å². The van der Waals surface area contributed by atoms with Crippen LogP contribution in [-0.2, 0) is 28.6 Å². The van der Waals surface area contributed by atoms with Gasteiger partial charge in [-0.1, -0.05) is 272 Å². The Bertz CT molecular complexity index is 1480. The summed E-state index contributed by atoms with van der Waals surface area (Å²) in [7, 11) is 0. The third-order valence-corrected chi connectivity index (χ3v) is 13.6. The molecule has 0 aromatic rings. The number of allylic oxidation sites excluding steroid dienone is 16. The zero-order valence-electron chi connectivity index (χ0n) is 49.3. The summed E-state index contributed by atoms with van der Waals surface area (Å²) in [5, 5.41) is 0. The Balaban J connectivity index is 4.25. The minimum Gasteiger partial charge on any atom is -0.462 e. The van der Waals surface area contributed by atoms with E-state index in [0.29, 0.717) is 19.3 Å². The zero-order chi connectivity index (χ0) is 54.3. The van der Waals surface area contributed by atoms with E-state index in [9.17, 15) is 14.4 Å². The van der Waals surface area contributed by atoms with Crippen molar-refractivity contribution in [1.29, 1.82) is 0 Å². The maximum absolute atomic E-state index is 12.9. The Morgan fingerprint density at radius 3 is 0.920 bits per heavy atom. The minimum absolute atomic E-state index is 0.104. The average Bonchev–Trinajstić information content (AvgIpc) is 3.41. The molecule has 6 heteroatoms. The van der Waals surface area contributed by atoms with Crippen molar-refractivity contribution >= 4 is 17.9 Å². The molecule has 1 atom stereocenters. The molecule has 0 heterocycles. The molecule has 0 aromatic carbocycles. The lowest BCUT2D eigenvalue weighted by atomic mass is 10.0. The molecule has 0 aliphatic rings. The third kappa shape index (κ3) is 61.1. The first-order valence-electron chi connectivity index (χ1n) is 31.7. The Labute approximate surface area is 464 Å². The number of ether oxygens (including phenoxy) is 3. The lowest BCUT2D eigenvalue weighted by molar-refractivity contribution is -0.166. The molecule has 0 amide bonds. The Kier molecular flexibility index (Phi) is 59.8. The van der Waals surface area contributed by atoms with E-state index in [2.05, 4.69) is 112 Å². The van der Waals surface area contributed by atoms with Crippen LogP contribution in [0.15, 0.2) is 97.2 Å². The number of esters is 3. The number of carbonyl (C=O) groups is 3. The van der Waals surface area contributed by atoms with Gasteiger partial charge in [-0.2, -0.15) is 0 Å². The van der Waals surface area contributed by atoms with Crippen molar-refractivity contribution in [2.24, 2.45) is 0 Å². The molecule has 0 aromatic heterocycles. The maximum Gasteiger partial charge on any atom is 0.306 e. The molecule has 430 valence electrons. The number of hydrogen-bond donors (Lipinski definition) is 0. The van der Waals surface area contributed by atoms with Crippen LogP contribution in [0.1, 0.15) is 303 Å². The second-order valence-electron chi connectivity index (χ2n) is 20.9. The van der Waals surface area contributed by atoms with Gasteiger partial charge in [0.05, 0.1) is 0 Å². The molecular weight excluding hydrogens is 925 g/mol. The van der Waals surface area contributed by atoms with Crippen molar-refractivity contribution < 1.29 is 28.6 Å². The molecule has 0 aliphatic heterocycles. The van der Waals surface area contributed by atoms with E-state index in [0.717, 1.165) is 96.3 Å². The lowest BCUT2D eigenvalue weighted by Crippen LogP contribution is -2.30. The summed E-state index contributed by atoms with van der Waals surface area (Å²) >= 11 is 0. The van der Waals surface area contributed by atoms with Crippen LogP contribution < -0.4 is 0 Å². The largest absolute Gasteiger partial charge is 0.462 e. The third-order valence-electron chi connectivity index (χ3n) is 13.6. The summed E-state index contributed by atoms with van der Waals surface area (Å²) < 4.78 is 16.8. The minimum atomic E-state index is -0.814. The topological polar surface area (TPSA) is 78.9 Å². The van der Waals surface area contributed by atoms with Crippen molar-refractivity contribution in [2.75, 3.05) is 13.2 Å². The monoisotopic (exact) mass is 1040 g/mol. The Morgan fingerprint density at radius 2 is 0.547 bits per heavy atom. The number of unbranched alkanes of at least 4 members (excludes halogenated alkanes) is 30. The molecule has 0 saturated heterocycles. The van der Waals surface area contributed by atoms with E-state index < -0.39 is 6.10 Å². The highest BCUT2D eigenvalue weighted by Gasteiger charge is 2.19. The fourth-order valence-electron chi connectivity index (χ4n) is 8.81. The van der Waals surface area contributed by atoms with E-state index >= 15 is 0 Å². The summed E-state index contributed by atoms with van der Waals surface area (Å²) in [5.74, 6) is -0.996. The molecule has 0 rings (SSSR count). The van der Waals surface area contributed by atoms with Gasteiger partial charge in [-0.05, 0) is 109 Å². The van der Waals surface area contributed by atoms with Crippen LogP contribution in [0, 0.1) is 0 Å². The normalized spacial score (nSPS) is 12.7. The van der Waals surface area contributed by atoms with Crippen LogP contribution in [0.3, 0.4) is 0 Å². The summed E-state index contributed by atoms with van der Waals surface area (Å²) in [4.78, 5) is 38.2. The summed E-state index contributed by atoms with van der Waals surface area (Å²) in [6, 6.07) is 0. The lowest BCUT2D eigenvalue weighted by Gasteiger charge is -2.18. The summed E-state index contributed by atoms with van der Waals surface area (Å²) in [6.07, 6.45) is 84.4. The van der Waals surface area contributed by atoms with Crippen LogP contribution in [0.5, 0.6) is 0 Å². The zero-order valence-corrected chi connectivity index (χ0v) is 49.3. The van der Waals surface area contributed by atoms with Gasteiger partial charge in [0.2, 0.25) is 0 Å². The van der Waals surface area contributed by atoms with E-state index in [4.69, 9.17) is 14.2 Å². The van der Waals surface area contributed by atoms with Gasteiger partial charge >= 0.3 is 17.9 Å². The van der Waals surface area contributed by atoms with Gasteiger partial charge in [0.25, 0.3) is 0 Å². The average molecular weight is 1040 g/mol. The van der Waals surface area contributed by atoms with Gasteiger partial charge in [-0.3, -0.25) is 14.4 Å². The fourth-order valence-corrected chi connectivity index (χ4v) is 8.81. The molecule has 1 unspecified atom stereocenters. The van der Waals surface area contributed by atoms with Gasteiger partial charge in [0, 0.05) is 19.3 Å². The maximum atomic E-state index is 12.9. The van der Waals surface area contributed by atoms with Gasteiger partial charge in [0.15, 0.2) is 6.10 Å². The predicted molar refractivity (Wildman–Crippen MR) is 325 cm³/mol. The summed E-state index contributed by atoms with van der Waals surface area (Å²) in [5.41, 5.74) is 0. The van der Waals surface area contributed by atoms with Crippen molar-refractivity contribution in [3.63, 3.8) is 0 Å². The molecule has 6 nitrogen and oxygen atoms in total. The van der Waals surface area contributed by atoms with Crippen LogP contribution in [0.2, 0.25) is 0 Å². The van der Waals surface area contributed by atoms with E-state index in [1.807, 2.05) is 6.08 Å². The second kappa shape index (κ2) is 62.9.